The molecule has 8 heteroatoms. The first-order valence-corrected chi connectivity index (χ1v) is 11.1. The Kier molecular flexibility index (Phi) is 9.04. The van der Waals surface area contributed by atoms with Gasteiger partial charge in [-0.15, -0.1) is 0 Å². The minimum Gasteiger partial charge on any atom is -0.497 e. The van der Waals surface area contributed by atoms with E-state index in [9.17, 15) is 4.79 Å². The second-order valence-electron chi connectivity index (χ2n) is 7.52. The van der Waals surface area contributed by atoms with Crippen LogP contribution < -0.4 is 14.8 Å². The minimum absolute atomic E-state index is 0.216. The molecule has 0 fully saturated rings. The van der Waals surface area contributed by atoms with Gasteiger partial charge in [0.05, 0.1) is 20.8 Å². The molecule has 0 aliphatic carbocycles. The highest BCUT2D eigenvalue weighted by atomic mass is 35.5. The van der Waals surface area contributed by atoms with Gasteiger partial charge >= 0.3 is 6.03 Å². The monoisotopic (exact) mass is 471 g/mol. The lowest BCUT2D eigenvalue weighted by Crippen LogP contribution is -2.36. The first kappa shape index (κ1) is 24.5. The molecule has 176 valence electrons. The summed E-state index contributed by atoms with van der Waals surface area (Å²) >= 11 is 6.35. The SMILES string of the molecule is COCCCN(Cc1cccn1Cc1ccccc1Cl)C(=O)Nc1cc(OC)cc(OC)c1. The van der Waals surface area contributed by atoms with Gasteiger partial charge in [-0.3, -0.25) is 0 Å². The van der Waals surface area contributed by atoms with Gasteiger partial charge in [0.2, 0.25) is 0 Å². The number of hydrogen-bond acceptors (Lipinski definition) is 4. The molecule has 0 unspecified atom stereocenters. The summed E-state index contributed by atoms with van der Waals surface area (Å²) in [4.78, 5) is 15.0. The van der Waals surface area contributed by atoms with Crippen LogP contribution in [0.15, 0.2) is 60.8 Å². The minimum atomic E-state index is -0.216. The van der Waals surface area contributed by atoms with Crippen molar-refractivity contribution in [3.05, 3.63) is 77.1 Å². The summed E-state index contributed by atoms with van der Waals surface area (Å²) < 4.78 is 17.9. The zero-order valence-electron chi connectivity index (χ0n) is 19.2. The van der Waals surface area contributed by atoms with Gasteiger partial charge in [-0.25, -0.2) is 4.79 Å². The fourth-order valence-electron chi connectivity index (χ4n) is 3.49. The Bertz CT molecular complexity index is 1030. The molecule has 3 aromatic rings. The predicted octanol–water partition coefficient (Wildman–Crippen LogP) is 5.28. The summed E-state index contributed by atoms with van der Waals surface area (Å²) in [6.07, 6.45) is 2.72. The van der Waals surface area contributed by atoms with Crippen molar-refractivity contribution in [1.29, 1.82) is 0 Å². The van der Waals surface area contributed by atoms with Crippen molar-refractivity contribution >= 4 is 23.3 Å². The maximum absolute atomic E-state index is 13.2. The van der Waals surface area contributed by atoms with Crippen molar-refractivity contribution in [3.8, 4) is 11.5 Å². The summed E-state index contributed by atoms with van der Waals surface area (Å²) in [5, 5.41) is 3.69. The van der Waals surface area contributed by atoms with Crippen LogP contribution in [0.2, 0.25) is 5.02 Å². The lowest BCUT2D eigenvalue weighted by molar-refractivity contribution is 0.171. The fourth-order valence-corrected chi connectivity index (χ4v) is 3.68. The van der Waals surface area contributed by atoms with Crippen molar-refractivity contribution < 1.29 is 19.0 Å². The number of nitrogens with zero attached hydrogens (tertiary/aromatic N) is 2. The normalized spacial score (nSPS) is 10.7. The van der Waals surface area contributed by atoms with E-state index in [4.69, 9.17) is 25.8 Å². The van der Waals surface area contributed by atoms with E-state index >= 15 is 0 Å². The molecule has 1 N–H and O–H groups in total. The van der Waals surface area contributed by atoms with Crippen molar-refractivity contribution in [2.45, 2.75) is 19.5 Å². The van der Waals surface area contributed by atoms with E-state index in [2.05, 4.69) is 9.88 Å². The Hall–Kier alpha value is -3.16. The van der Waals surface area contributed by atoms with Crippen LogP contribution >= 0.6 is 11.6 Å². The van der Waals surface area contributed by atoms with Gasteiger partial charge in [-0.05, 0) is 30.2 Å². The number of ether oxygens (including phenoxy) is 3. The summed E-state index contributed by atoms with van der Waals surface area (Å²) in [6.45, 7) is 2.17. The molecule has 2 amide bonds. The summed E-state index contributed by atoms with van der Waals surface area (Å²) in [7, 11) is 4.80. The van der Waals surface area contributed by atoms with E-state index in [0.29, 0.717) is 43.4 Å². The number of methoxy groups -OCH3 is 3. The van der Waals surface area contributed by atoms with Gasteiger partial charge in [0.1, 0.15) is 11.5 Å². The molecule has 0 spiro atoms. The Labute approximate surface area is 199 Å². The van der Waals surface area contributed by atoms with Crippen LogP contribution in [0.5, 0.6) is 11.5 Å². The number of nitrogens with one attached hydrogen (secondary N) is 1. The lowest BCUT2D eigenvalue weighted by atomic mass is 10.2. The van der Waals surface area contributed by atoms with E-state index in [1.807, 2.05) is 42.6 Å². The molecule has 0 saturated carbocycles. The summed E-state index contributed by atoms with van der Waals surface area (Å²) in [6, 6.07) is 16.8. The third-order valence-corrected chi connectivity index (χ3v) is 5.61. The van der Waals surface area contributed by atoms with Gasteiger partial charge < -0.3 is 29.0 Å². The maximum Gasteiger partial charge on any atom is 0.322 e. The first-order valence-electron chi connectivity index (χ1n) is 10.7. The average molecular weight is 472 g/mol. The maximum atomic E-state index is 13.2. The molecular weight excluding hydrogens is 442 g/mol. The number of carbonyl (C=O) groups is 1. The Morgan fingerprint density at radius 1 is 1.03 bits per heavy atom. The van der Waals surface area contributed by atoms with Crippen molar-refractivity contribution in [2.75, 3.05) is 39.8 Å². The molecule has 0 atom stereocenters. The highest BCUT2D eigenvalue weighted by Crippen LogP contribution is 2.26. The van der Waals surface area contributed by atoms with Crippen molar-refractivity contribution in [3.63, 3.8) is 0 Å². The molecule has 3 rings (SSSR count). The second-order valence-corrected chi connectivity index (χ2v) is 7.93. The van der Waals surface area contributed by atoms with Gasteiger partial charge in [-0.2, -0.15) is 0 Å². The number of rotatable bonds is 11. The summed E-state index contributed by atoms with van der Waals surface area (Å²) in [5.74, 6) is 1.20. The average Bonchev–Trinajstić information content (AvgIpc) is 3.26. The van der Waals surface area contributed by atoms with Gasteiger partial charge in [0.15, 0.2) is 0 Å². The third-order valence-electron chi connectivity index (χ3n) is 5.24. The number of anilines is 1. The molecule has 33 heavy (non-hydrogen) atoms. The summed E-state index contributed by atoms with van der Waals surface area (Å²) in [5.41, 5.74) is 2.63. The largest absolute Gasteiger partial charge is 0.497 e. The fraction of sp³-hybridized carbons (Fsp3) is 0.320. The van der Waals surface area contributed by atoms with Crippen LogP contribution in [-0.4, -0.2) is 50.0 Å². The lowest BCUT2D eigenvalue weighted by Gasteiger charge is -2.24. The van der Waals surface area contributed by atoms with Crippen LogP contribution in [0.3, 0.4) is 0 Å². The smallest absolute Gasteiger partial charge is 0.322 e. The number of urea groups is 1. The van der Waals surface area contributed by atoms with Crippen molar-refractivity contribution in [1.82, 2.24) is 9.47 Å². The standard InChI is InChI=1S/C25H30ClN3O4/c1-31-13-7-12-29(25(30)27-20-14-22(32-2)16-23(15-20)33-3)18-21-9-6-11-28(21)17-19-8-4-5-10-24(19)26/h4-6,8-11,14-16H,7,12-13,17-18H2,1-3H3,(H,27,30). The number of hydrogen-bond donors (Lipinski definition) is 1. The van der Waals surface area contributed by atoms with Crippen molar-refractivity contribution in [2.24, 2.45) is 0 Å². The van der Waals surface area contributed by atoms with Crippen LogP contribution in [0.25, 0.3) is 0 Å². The molecule has 0 aliphatic heterocycles. The van der Waals surface area contributed by atoms with E-state index in [1.165, 1.54) is 0 Å². The van der Waals surface area contributed by atoms with E-state index in [0.717, 1.165) is 22.7 Å². The number of carbonyl (C=O) groups excluding carboxylic acids is 1. The van der Waals surface area contributed by atoms with E-state index in [1.54, 1.807) is 44.4 Å². The quantitative estimate of drug-likeness (QED) is 0.386. The second kappa shape index (κ2) is 12.2. The number of halogens is 1. The predicted molar refractivity (Wildman–Crippen MR) is 130 cm³/mol. The molecule has 0 saturated heterocycles. The Balaban J connectivity index is 1.77. The number of amides is 2. The molecule has 0 radical (unpaired) electrons. The zero-order chi connectivity index (χ0) is 23.6. The Morgan fingerprint density at radius 2 is 1.76 bits per heavy atom. The number of aromatic nitrogens is 1. The van der Waals surface area contributed by atoms with Crippen LogP contribution in [0.1, 0.15) is 17.7 Å². The van der Waals surface area contributed by atoms with Crippen LogP contribution in [0.4, 0.5) is 10.5 Å². The Morgan fingerprint density at radius 3 is 2.42 bits per heavy atom. The third kappa shape index (κ3) is 6.91. The molecule has 0 aliphatic rings. The van der Waals surface area contributed by atoms with Crippen LogP contribution in [0, 0.1) is 0 Å². The number of benzene rings is 2. The van der Waals surface area contributed by atoms with Gasteiger partial charge in [0, 0.05) is 67.6 Å². The first-order chi connectivity index (χ1) is 16.0. The van der Waals surface area contributed by atoms with Gasteiger partial charge in [-0.1, -0.05) is 29.8 Å². The molecule has 1 heterocycles. The van der Waals surface area contributed by atoms with E-state index < -0.39 is 0 Å². The molecule has 7 nitrogen and oxygen atoms in total. The van der Waals surface area contributed by atoms with Crippen LogP contribution in [-0.2, 0) is 17.8 Å². The molecule has 1 aromatic heterocycles. The molecule has 2 aromatic carbocycles. The topological polar surface area (TPSA) is 65.0 Å². The van der Waals surface area contributed by atoms with Gasteiger partial charge in [0.25, 0.3) is 0 Å². The van der Waals surface area contributed by atoms with E-state index in [-0.39, 0.29) is 6.03 Å². The highest BCUT2D eigenvalue weighted by molar-refractivity contribution is 6.31. The zero-order valence-corrected chi connectivity index (χ0v) is 20.0. The molecule has 0 bridgehead atoms. The highest BCUT2D eigenvalue weighted by Gasteiger charge is 2.17. The molecular formula is C25H30ClN3O4.